The molecule has 1 atom stereocenters. The Morgan fingerprint density at radius 2 is 1.31 bits per heavy atom. The number of β-amino-alcohol motifs (C(OH)–C–C–N with tert-alkyl or cyclic N) is 1. The van der Waals surface area contributed by atoms with Gasteiger partial charge in [-0.25, -0.2) is 0 Å². The van der Waals surface area contributed by atoms with Crippen LogP contribution in [-0.2, 0) is 0 Å². The van der Waals surface area contributed by atoms with E-state index in [1.807, 2.05) is 6.92 Å². The highest BCUT2D eigenvalue weighted by atomic mass is 16.3. The Morgan fingerprint density at radius 3 is 1.54 bits per heavy atom. The van der Waals surface area contributed by atoms with E-state index >= 15 is 0 Å². The third-order valence-corrected chi connectivity index (χ3v) is 2.58. The maximum atomic E-state index is 10.2. The summed E-state index contributed by atoms with van der Waals surface area (Å²) in [4.78, 5) is 0. The van der Waals surface area contributed by atoms with Gasteiger partial charge in [0.15, 0.2) is 0 Å². The van der Waals surface area contributed by atoms with Crippen LogP contribution in [-0.4, -0.2) is 22.8 Å². The largest absolute Gasteiger partial charge is 0.388 e. The van der Waals surface area contributed by atoms with Crippen molar-refractivity contribution in [1.82, 2.24) is 5.32 Å². The van der Waals surface area contributed by atoms with E-state index in [-0.39, 0.29) is 11.0 Å². The summed E-state index contributed by atoms with van der Waals surface area (Å²) in [6.07, 6.45) is 0. The van der Waals surface area contributed by atoms with Crippen molar-refractivity contribution in [2.24, 2.45) is 5.41 Å². The molecule has 0 aromatic heterocycles. The van der Waals surface area contributed by atoms with E-state index in [2.05, 4.69) is 46.9 Å². The molecule has 0 aromatic carbocycles. The summed E-state index contributed by atoms with van der Waals surface area (Å²) >= 11 is 0. The van der Waals surface area contributed by atoms with Crippen LogP contribution in [0.25, 0.3) is 0 Å². The number of nitrogens with one attached hydrogen (secondary N) is 1. The van der Waals surface area contributed by atoms with Gasteiger partial charge in [0, 0.05) is 12.1 Å². The molecule has 0 bridgehead atoms. The lowest BCUT2D eigenvalue weighted by atomic mass is 9.77. The number of hydrogen-bond acceptors (Lipinski definition) is 2. The normalized spacial score (nSPS) is 18.5. The summed E-state index contributed by atoms with van der Waals surface area (Å²) in [7, 11) is 0. The smallest absolute Gasteiger partial charge is 0.0791 e. The molecule has 1 unspecified atom stereocenters. The van der Waals surface area contributed by atoms with Gasteiger partial charge in [-0.05, 0) is 33.1 Å². The Bertz CT molecular complexity index is 160. The number of hydrogen-bond donors (Lipinski definition) is 2. The first-order valence-corrected chi connectivity index (χ1v) is 4.93. The SMILES string of the molecule is CC(C)(C)NCC(C)(O)C(C)(C)C. The van der Waals surface area contributed by atoms with Crippen LogP contribution >= 0.6 is 0 Å². The monoisotopic (exact) mass is 187 g/mol. The van der Waals surface area contributed by atoms with E-state index < -0.39 is 5.60 Å². The molecule has 0 amide bonds. The van der Waals surface area contributed by atoms with Crippen molar-refractivity contribution in [3.63, 3.8) is 0 Å². The highest BCUT2D eigenvalue weighted by Gasteiger charge is 2.35. The fourth-order valence-electron chi connectivity index (χ4n) is 0.702. The van der Waals surface area contributed by atoms with Crippen LogP contribution < -0.4 is 5.32 Å². The Kier molecular flexibility index (Phi) is 3.56. The third-order valence-electron chi connectivity index (χ3n) is 2.58. The first-order valence-electron chi connectivity index (χ1n) is 4.93. The van der Waals surface area contributed by atoms with E-state index in [1.54, 1.807) is 0 Å². The minimum absolute atomic E-state index is 0.0647. The fraction of sp³-hybridized carbons (Fsp3) is 1.00. The topological polar surface area (TPSA) is 32.3 Å². The minimum atomic E-state index is -0.666. The molecule has 13 heavy (non-hydrogen) atoms. The molecule has 0 rings (SSSR count). The first-order chi connectivity index (χ1) is 5.46. The maximum Gasteiger partial charge on any atom is 0.0791 e. The van der Waals surface area contributed by atoms with Gasteiger partial charge in [0.05, 0.1) is 5.60 Å². The highest BCUT2D eigenvalue weighted by Crippen LogP contribution is 2.29. The van der Waals surface area contributed by atoms with E-state index in [1.165, 1.54) is 0 Å². The standard InChI is InChI=1S/C11H25NO/c1-9(2,3)11(7,13)8-12-10(4,5)6/h12-13H,8H2,1-7H3. The van der Waals surface area contributed by atoms with Gasteiger partial charge < -0.3 is 10.4 Å². The van der Waals surface area contributed by atoms with Gasteiger partial charge in [-0.3, -0.25) is 0 Å². The zero-order valence-electron chi connectivity index (χ0n) is 10.2. The van der Waals surface area contributed by atoms with Crippen molar-refractivity contribution in [2.45, 2.75) is 59.6 Å². The molecule has 0 aliphatic heterocycles. The average molecular weight is 187 g/mol. The molecule has 0 spiro atoms. The molecule has 0 saturated heterocycles. The van der Waals surface area contributed by atoms with Crippen LogP contribution in [0, 0.1) is 5.41 Å². The number of aliphatic hydroxyl groups is 1. The molecular formula is C11H25NO. The summed E-state index contributed by atoms with van der Waals surface area (Å²) in [5, 5.41) is 13.5. The van der Waals surface area contributed by atoms with Gasteiger partial charge >= 0.3 is 0 Å². The van der Waals surface area contributed by atoms with Crippen LogP contribution in [0.3, 0.4) is 0 Å². The van der Waals surface area contributed by atoms with Crippen molar-refractivity contribution >= 4 is 0 Å². The molecule has 80 valence electrons. The molecule has 0 aliphatic rings. The number of rotatable bonds is 2. The maximum absolute atomic E-state index is 10.2. The average Bonchev–Trinajstić information content (AvgIpc) is 1.79. The van der Waals surface area contributed by atoms with Gasteiger partial charge in [0.1, 0.15) is 0 Å². The van der Waals surface area contributed by atoms with Crippen LogP contribution in [0.2, 0.25) is 0 Å². The Morgan fingerprint density at radius 1 is 0.923 bits per heavy atom. The molecule has 0 radical (unpaired) electrons. The molecule has 2 N–H and O–H groups in total. The zero-order valence-corrected chi connectivity index (χ0v) is 10.2. The zero-order chi connectivity index (χ0) is 10.9. The highest BCUT2D eigenvalue weighted by molar-refractivity contribution is 4.90. The quantitative estimate of drug-likeness (QED) is 0.694. The Balaban J connectivity index is 4.21. The van der Waals surface area contributed by atoms with E-state index in [0.29, 0.717) is 6.54 Å². The van der Waals surface area contributed by atoms with Crippen molar-refractivity contribution in [3.05, 3.63) is 0 Å². The first kappa shape index (κ1) is 12.9. The van der Waals surface area contributed by atoms with Gasteiger partial charge in [-0.2, -0.15) is 0 Å². The van der Waals surface area contributed by atoms with Crippen molar-refractivity contribution in [1.29, 1.82) is 0 Å². The second-order valence-electron chi connectivity index (χ2n) is 6.13. The molecule has 0 heterocycles. The summed E-state index contributed by atoms with van der Waals surface area (Å²) in [6, 6.07) is 0. The summed E-state index contributed by atoms with van der Waals surface area (Å²) in [5.74, 6) is 0. The molecule has 0 aliphatic carbocycles. The van der Waals surface area contributed by atoms with Crippen molar-refractivity contribution in [2.75, 3.05) is 6.54 Å². The lowest BCUT2D eigenvalue weighted by Crippen LogP contribution is -2.52. The predicted octanol–water partition coefficient (Wildman–Crippen LogP) is 2.17. The van der Waals surface area contributed by atoms with E-state index in [0.717, 1.165) is 0 Å². The fourth-order valence-corrected chi connectivity index (χ4v) is 0.702. The Hall–Kier alpha value is -0.0800. The lowest BCUT2D eigenvalue weighted by Gasteiger charge is -2.39. The van der Waals surface area contributed by atoms with Crippen molar-refractivity contribution in [3.8, 4) is 0 Å². The van der Waals surface area contributed by atoms with Gasteiger partial charge in [-0.1, -0.05) is 20.8 Å². The van der Waals surface area contributed by atoms with E-state index in [4.69, 9.17) is 0 Å². The lowest BCUT2D eigenvalue weighted by molar-refractivity contribution is -0.0431. The van der Waals surface area contributed by atoms with Gasteiger partial charge in [0.25, 0.3) is 0 Å². The molecule has 0 aromatic rings. The second-order valence-corrected chi connectivity index (χ2v) is 6.13. The Labute approximate surface area is 82.7 Å². The predicted molar refractivity (Wildman–Crippen MR) is 57.8 cm³/mol. The molecule has 0 fully saturated rings. The molecular weight excluding hydrogens is 162 g/mol. The minimum Gasteiger partial charge on any atom is -0.388 e. The van der Waals surface area contributed by atoms with Crippen LogP contribution in [0.1, 0.15) is 48.5 Å². The molecule has 2 nitrogen and oxygen atoms in total. The van der Waals surface area contributed by atoms with Crippen LogP contribution in [0.5, 0.6) is 0 Å². The molecule has 0 saturated carbocycles. The van der Waals surface area contributed by atoms with E-state index in [9.17, 15) is 5.11 Å². The summed E-state index contributed by atoms with van der Waals surface area (Å²) in [6.45, 7) is 15.0. The van der Waals surface area contributed by atoms with Gasteiger partial charge in [0.2, 0.25) is 0 Å². The van der Waals surface area contributed by atoms with Crippen LogP contribution in [0.4, 0.5) is 0 Å². The summed E-state index contributed by atoms with van der Waals surface area (Å²) < 4.78 is 0. The van der Waals surface area contributed by atoms with Crippen molar-refractivity contribution < 1.29 is 5.11 Å². The second kappa shape index (κ2) is 3.58. The molecule has 2 heteroatoms. The van der Waals surface area contributed by atoms with Gasteiger partial charge in [-0.15, -0.1) is 0 Å². The van der Waals surface area contributed by atoms with Crippen LogP contribution in [0.15, 0.2) is 0 Å². The third kappa shape index (κ3) is 4.63. The summed E-state index contributed by atoms with van der Waals surface area (Å²) in [5.41, 5.74) is -0.694.